The summed E-state index contributed by atoms with van der Waals surface area (Å²) in [4.78, 5) is 0. The molecule has 0 unspecified atom stereocenters. The van der Waals surface area contributed by atoms with E-state index in [1.807, 2.05) is 12.2 Å². The number of rotatable bonds is 5. The Kier molecular flexibility index (Phi) is 4.37. The first-order chi connectivity index (χ1) is 4.68. The smallest absolute Gasteiger partial charge is 0.0452 e. The predicted octanol–water partition coefficient (Wildman–Crippen LogP) is 2.80. The van der Waals surface area contributed by atoms with Crippen LogP contribution in [0.25, 0.3) is 0 Å². The summed E-state index contributed by atoms with van der Waals surface area (Å²) in [6.45, 7) is 12.0. The summed E-state index contributed by atoms with van der Waals surface area (Å²) < 4.78 is 0. The van der Waals surface area contributed by atoms with Gasteiger partial charge in [-0.3, -0.25) is 0 Å². The molecule has 0 aliphatic rings. The third kappa shape index (κ3) is 3.02. The second-order valence-electron chi connectivity index (χ2n) is 2.77. The quantitative estimate of drug-likeness (QED) is 0.421. The highest BCUT2D eigenvalue weighted by atomic mass is 28.2. The van der Waals surface area contributed by atoms with E-state index in [1.54, 1.807) is 0 Å². The van der Waals surface area contributed by atoms with Gasteiger partial charge in [0.25, 0.3) is 0 Å². The fourth-order valence-electron chi connectivity index (χ4n) is 0.705. The van der Waals surface area contributed by atoms with E-state index in [0.717, 1.165) is 0 Å². The van der Waals surface area contributed by atoms with Crippen LogP contribution in [0.1, 0.15) is 20.3 Å². The first-order valence-electron chi connectivity index (χ1n) is 3.80. The molecule has 57 valence electrons. The van der Waals surface area contributed by atoms with Crippen LogP contribution in [0.2, 0.25) is 11.1 Å². The SMILES string of the molecule is C=CC(C)(C=C)[SiH]CCC. The normalized spacial score (nSPS) is 11.0. The molecule has 0 bridgehead atoms. The zero-order valence-electron chi connectivity index (χ0n) is 7.06. The fraction of sp³-hybridized carbons (Fsp3) is 0.556. The Balaban J connectivity index is 3.80. The highest BCUT2D eigenvalue weighted by molar-refractivity contribution is 6.41. The van der Waals surface area contributed by atoms with Crippen LogP contribution >= 0.6 is 0 Å². The molecule has 0 saturated carbocycles. The van der Waals surface area contributed by atoms with Crippen molar-refractivity contribution in [3.8, 4) is 0 Å². The molecule has 0 fully saturated rings. The maximum absolute atomic E-state index is 3.81. The van der Waals surface area contributed by atoms with E-state index in [1.165, 1.54) is 12.5 Å². The van der Waals surface area contributed by atoms with Gasteiger partial charge in [-0.15, -0.1) is 13.2 Å². The Bertz CT molecular complexity index is 108. The van der Waals surface area contributed by atoms with E-state index in [-0.39, 0.29) is 5.04 Å². The molecular formula is C9H17Si. The van der Waals surface area contributed by atoms with Crippen molar-refractivity contribution in [2.45, 2.75) is 31.4 Å². The number of hydrogen-bond donors (Lipinski definition) is 0. The lowest BCUT2D eigenvalue weighted by Crippen LogP contribution is -2.09. The van der Waals surface area contributed by atoms with Gasteiger partial charge in [0.2, 0.25) is 0 Å². The van der Waals surface area contributed by atoms with Gasteiger partial charge in [0.15, 0.2) is 0 Å². The van der Waals surface area contributed by atoms with Crippen LogP contribution in [0.5, 0.6) is 0 Å². The average molecular weight is 153 g/mol. The summed E-state index contributed by atoms with van der Waals surface area (Å²) in [7, 11) is 0.466. The van der Waals surface area contributed by atoms with Gasteiger partial charge < -0.3 is 0 Å². The zero-order chi connectivity index (χ0) is 8.04. The van der Waals surface area contributed by atoms with Crippen LogP contribution in [-0.4, -0.2) is 9.52 Å². The summed E-state index contributed by atoms with van der Waals surface area (Å²) in [5.74, 6) is 0. The minimum absolute atomic E-state index is 0.246. The predicted molar refractivity (Wildman–Crippen MR) is 51.0 cm³/mol. The molecule has 0 aliphatic carbocycles. The van der Waals surface area contributed by atoms with E-state index < -0.39 is 0 Å². The van der Waals surface area contributed by atoms with Crippen molar-refractivity contribution >= 4 is 9.52 Å². The summed E-state index contributed by atoms with van der Waals surface area (Å²) in [6.07, 6.45) is 5.32. The van der Waals surface area contributed by atoms with Crippen molar-refractivity contribution in [2.75, 3.05) is 0 Å². The third-order valence-electron chi connectivity index (χ3n) is 1.75. The molecule has 0 N–H and O–H groups in total. The molecule has 0 spiro atoms. The van der Waals surface area contributed by atoms with Gasteiger partial charge in [0.05, 0.1) is 0 Å². The molecule has 0 heterocycles. The monoisotopic (exact) mass is 153 g/mol. The molecule has 0 aromatic heterocycles. The minimum Gasteiger partial charge on any atom is -0.103 e. The maximum Gasteiger partial charge on any atom is 0.0452 e. The van der Waals surface area contributed by atoms with Gasteiger partial charge in [-0.1, -0.05) is 38.5 Å². The molecule has 0 amide bonds. The van der Waals surface area contributed by atoms with E-state index >= 15 is 0 Å². The summed E-state index contributed by atoms with van der Waals surface area (Å²) in [5.41, 5.74) is 0. The molecule has 10 heavy (non-hydrogen) atoms. The van der Waals surface area contributed by atoms with E-state index in [0.29, 0.717) is 9.52 Å². The average Bonchev–Trinajstić information content (AvgIpc) is 2.00. The summed E-state index contributed by atoms with van der Waals surface area (Å²) >= 11 is 0. The van der Waals surface area contributed by atoms with Crippen molar-refractivity contribution in [2.24, 2.45) is 0 Å². The maximum atomic E-state index is 3.81. The number of allylic oxidation sites excluding steroid dienone is 2. The number of hydrogen-bond acceptors (Lipinski definition) is 0. The van der Waals surface area contributed by atoms with Crippen LogP contribution in [0.3, 0.4) is 0 Å². The second kappa shape index (κ2) is 4.50. The van der Waals surface area contributed by atoms with Gasteiger partial charge in [-0.05, 0) is 5.04 Å². The molecule has 1 heteroatoms. The van der Waals surface area contributed by atoms with Gasteiger partial charge >= 0.3 is 0 Å². The minimum atomic E-state index is 0.246. The van der Waals surface area contributed by atoms with Crippen LogP contribution in [0.4, 0.5) is 0 Å². The van der Waals surface area contributed by atoms with Crippen molar-refractivity contribution in [1.82, 2.24) is 0 Å². The zero-order valence-corrected chi connectivity index (χ0v) is 8.22. The van der Waals surface area contributed by atoms with Crippen LogP contribution in [-0.2, 0) is 0 Å². The third-order valence-corrected chi connectivity index (χ3v) is 3.97. The second-order valence-corrected chi connectivity index (χ2v) is 5.00. The highest BCUT2D eigenvalue weighted by Crippen LogP contribution is 2.27. The molecular weight excluding hydrogens is 136 g/mol. The first-order valence-corrected chi connectivity index (χ1v) is 5.19. The Morgan fingerprint density at radius 3 is 2.20 bits per heavy atom. The molecule has 1 radical (unpaired) electrons. The molecule has 0 saturated heterocycles. The molecule has 0 aromatic carbocycles. The lowest BCUT2D eigenvalue weighted by molar-refractivity contribution is 0.929. The molecule has 0 atom stereocenters. The lowest BCUT2D eigenvalue weighted by atomic mass is 10.2. The van der Waals surface area contributed by atoms with E-state index in [2.05, 4.69) is 27.0 Å². The Morgan fingerprint density at radius 2 is 1.90 bits per heavy atom. The molecule has 0 aromatic rings. The largest absolute Gasteiger partial charge is 0.103 e. The van der Waals surface area contributed by atoms with Crippen molar-refractivity contribution in [1.29, 1.82) is 0 Å². The standard InChI is InChI=1S/C9H17Si/c1-5-8-10-9(4,6-2)7-3/h6-7,10H,2-3,5,8H2,1,4H3. The van der Waals surface area contributed by atoms with Crippen LogP contribution in [0, 0.1) is 0 Å². The van der Waals surface area contributed by atoms with Crippen LogP contribution in [0.15, 0.2) is 25.3 Å². The highest BCUT2D eigenvalue weighted by Gasteiger charge is 2.14. The van der Waals surface area contributed by atoms with Crippen molar-refractivity contribution in [3.63, 3.8) is 0 Å². The Hall–Kier alpha value is -0.303. The molecule has 0 aliphatic heterocycles. The Morgan fingerprint density at radius 1 is 1.40 bits per heavy atom. The fourth-order valence-corrected chi connectivity index (χ4v) is 1.95. The topological polar surface area (TPSA) is 0 Å². The van der Waals surface area contributed by atoms with Gasteiger partial charge in [-0.2, -0.15) is 0 Å². The van der Waals surface area contributed by atoms with Gasteiger partial charge in [0.1, 0.15) is 0 Å². The summed E-state index contributed by atoms with van der Waals surface area (Å²) in [6, 6.07) is 1.34. The first kappa shape index (κ1) is 9.70. The van der Waals surface area contributed by atoms with Crippen molar-refractivity contribution < 1.29 is 0 Å². The van der Waals surface area contributed by atoms with Crippen LogP contribution < -0.4 is 0 Å². The van der Waals surface area contributed by atoms with E-state index in [4.69, 9.17) is 0 Å². The summed E-state index contributed by atoms with van der Waals surface area (Å²) in [5, 5.41) is 0.246. The Labute approximate surface area is 66.9 Å². The van der Waals surface area contributed by atoms with E-state index in [9.17, 15) is 0 Å². The molecule has 0 rings (SSSR count). The lowest BCUT2D eigenvalue weighted by Gasteiger charge is -2.19. The van der Waals surface area contributed by atoms with Gasteiger partial charge in [-0.25, -0.2) is 0 Å². The molecule has 0 nitrogen and oxygen atoms in total. The van der Waals surface area contributed by atoms with Crippen molar-refractivity contribution in [3.05, 3.63) is 25.3 Å². The van der Waals surface area contributed by atoms with Gasteiger partial charge in [0, 0.05) is 9.52 Å².